The molecule has 1 fully saturated rings. The normalized spacial score (nSPS) is 15.4. The van der Waals surface area contributed by atoms with E-state index in [-0.39, 0.29) is 30.3 Å². The van der Waals surface area contributed by atoms with Gasteiger partial charge in [0.1, 0.15) is 0 Å². The first-order chi connectivity index (χ1) is 9.58. The predicted molar refractivity (Wildman–Crippen MR) is 71.0 cm³/mol. The lowest BCUT2D eigenvalue weighted by atomic mass is 10.1. The van der Waals surface area contributed by atoms with Gasteiger partial charge in [-0.1, -0.05) is 18.2 Å². The van der Waals surface area contributed by atoms with Gasteiger partial charge in [0.2, 0.25) is 11.8 Å². The molecule has 0 radical (unpaired) electrons. The lowest BCUT2D eigenvalue weighted by Crippen LogP contribution is -2.35. The summed E-state index contributed by atoms with van der Waals surface area (Å²) in [4.78, 5) is 35.4. The summed E-state index contributed by atoms with van der Waals surface area (Å²) in [5, 5.41) is 13.6. The number of carbonyl (C=O) groups excluding carboxylic acids is 2. The summed E-state index contributed by atoms with van der Waals surface area (Å²) in [5.74, 6) is -0.276. The molecule has 7 nitrogen and oxygen atoms in total. The van der Waals surface area contributed by atoms with Crippen LogP contribution < -0.4 is 5.32 Å². The van der Waals surface area contributed by atoms with Crippen molar-refractivity contribution in [3.8, 4) is 0 Å². The molecule has 1 aliphatic heterocycles. The van der Waals surface area contributed by atoms with Crippen LogP contribution in [-0.4, -0.2) is 41.3 Å². The van der Waals surface area contributed by atoms with Gasteiger partial charge in [-0.15, -0.1) is 0 Å². The molecule has 0 saturated carbocycles. The first-order valence-corrected chi connectivity index (χ1v) is 6.34. The number of benzene rings is 1. The molecule has 1 aromatic carbocycles. The minimum atomic E-state index is -0.490. The van der Waals surface area contributed by atoms with Crippen molar-refractivity contribution in [3.63, 3.8) is 0 Å². The molecule has 20 heavy (non-hydrogen) atoms. The van der Waals surface area contributed by atoms with Crippen LogP contribution in [0.2, 0.25) is 0 Å². The molecule has 1 aliphatic rings. The molecule has 0 aromatic heterocycles. The standard InChI is InChI=1S/C13H15N3O4/c17-12-5-7-15(8-6-14-12)13(18)9-10-3-1-2-4-11(10)16(19)20/h1-4H,5-9H2,(H,14,17). The fourth-order valence-electron chi connectivity index (χ4n) is 2.13. The van der Waals surface area contributed by atoms with Gasteiger partial charge in [-0.25, -0.2) is 0 Å². The van der Waals surface area contributed by atoms with Crippen LogP contribution in [0, 0.1) is 10.1 Å². The fourth-order valence-corrected chi connectivity index (χ4v) is 2.13. The van der Waals surface area contributed by atoms with Crippen molar-refractivity contribution in [3.05, 3.63) is 39.9 Å². The third-order valence-corrected chi connectivity index (χ3v) is 3.20. The highest BCUT2D eigenvalue weighted by molar-refractivity contribution is 5.82. The first-order valence-electron chi connectivity index (χ1n) is 6.34. The van der Waals surface area contributed by atoms with Crippen LogP contribution in [0.5, 0.6) is 0 Å². The first kappa shape index (κ1) is 14.0. The second-order valence-electron chi connectivity index (χ2n) is 4.54. The molecule has 2 rings (SSSR count). The van der Waals surface area contributed by atoms with Crippen LogP contribution in [0.25, 0.3) is 0 Å². The molecule has 0 bridgehead atoms. The smallest absolute Gasteiger partial charge is 0.273 e. The van der Waals surface area contributed by atoms with Crippen molar-refractivity contribution in [1.82, 2.24) is 10.2 Å². The summed E-state index contributed by atoms with van der Waals surface area (Å²) in [7, 11) is 0. The Bertz CT molecular complexity index is 544. The highest BCUT2D eigenvalue weighted by Gasteiger charge is 2.21. The van der Waals surface area contributed by atoms with Crippen molar-refractivity contribution in [2.45, 2.75) is 12.8 Å². The van der Waals surface area contributed by atoms with E-state index in [4.69, 9.17) is 0 Å². The zero-order valence-electron chi connectivity index (χ0n) is 10.9. The van der Waals surface area contributed by atoms with Crippen LogP contribution >= 0.6 is 0 Å². The molecule has 1 aromatic rings. The van der Waals surface area contributed by atoms with Crippen LogP contribution in [-0.2, 0) is 16.0 Å². The number of nitro benzene ring substituents is 1. The van der Waals surface area contributed by atoms with Crippen LogP contribution in [0.4, 0.5) is 5.69 Å². The van der Waals surface area contributed by atoms with Crippen LogP contribution in [0.1, 0.15) is 12.0 Å². The maximum absolute atomic E-state index is 12.2. The SMILES string of the molecule is O=C1CCN(C(=O)Cc2ccccc2[N+](=O)[O-])CCN1. The Morgan fingerprint density at radius 2 is 2.10 bits per heavy atom. The Kier molecular flexibility index (Phi) is 4.29. The minimum absolute atomic E-state index is 0.0225. The number of hydrogen-bond donors (Lipinski definition) is 1. The van der Waals surface area contributed by atoms with Gasteiger partial charge in [-0.05, 0) is 0 Å². The lowest BCUT2D eigenvalue weighted by molar-refractivity contribution is -0.385. The molecule has 2 amide bonds. The number of carbonyl (C=O) groups is 2. The molecular weight excluding hydrogens is 262 g/mol. The highest BCUT2D eigenvalue weighted by Crippen LogP contribution is 2.19. The number of rotatable bonds is 3. The van der Waals surface area contributed by atoms with E-state index in [1.807, 2.05) is 0 Å². The fraction of sp³-hybridized carbons (Fsp3) is 0.385. The highest BCUT2D eigenvalue weighted by atomic mass is 16.6. The molecule has 0 unspecified atom stereocenters. The molecular formula is C13H15N3O4. The van der Waals surface area contributed by atoms with E-state index >= 15 is 0 Å². The molecule has 7 heteroatoms. The zero-order valence-corrected chi connectivity index (χ0v) is 10.9. The van der Waals surface area contributed by atoms with Crippen molar-refractivity contribution in [2.24, 2.45) is 0 Å². The number of para-hydroxylation sites is 1. The summed E-state index contributed by atoms with van der Waals surface area (Å²) < 4.78 is 0. The second-order valence-corrected chi connectivity index (χ2v) is 4.54. The van der Waals surface area contributed by atoms with Gasteiger partial charge >= 0.3 is 0 Å². The van der Waals surface area contributed by atoms with Gasteiger partial charge in [-0.2, -0.15) is 0 Å². The van der Waals surface area contributed by atoms with E-state index in [9.17, 15) is 19.7 Å². The van der Waals surface area contributed by atoms with Crippen LogP contribution in [0.15, 0.2) is 24.3 Å². The lowest BCUT2D eigenvalue weighted by Gasteiger charge is -2.19. The van der Waals surface area contributed by atoms with E-state index in [0.29, 0.717) is 25.2 Å². The van der Waals surface area contributed by atoms with E-state index in [0.717, 1.165) is 0 Å². The summed E-state index contributed by atoms with van der Waals surface area (Å²) in [5.41, 5.74) is 0.343. The van der Waals surface area contributed by atoms with E-state index < -0.39 is 4.92 Å². The molecule has 0 atom stereocenters. The van der Waals surface area contributed by atoms with Gasteiger partial charge in [0.15, 0.2) is 0 Å². The molecule has 0 spiro atoms. The Labute approximate surface area is 115 Å². The minimum Gasteiger partial charge on any atom is -0.354 e. The Morgan fingerprint density at radius 1 is 1.35 bits per heavy atom. The van der Waals surface area contributed by atoms with Gasteiger partial charge in [0.05, 0.1) is 11.3 Å². The molecule has 1 N–H and O–H groups in total. The Balaban J connectivity index is 2.08. The van der Waals surface area contributed by atoms with Gasteiger partial charge in [0, 0.05) is 37.7 Å². The monoisotopic (exact) mass is 277 g/mol. The number of amides is 2. The summed E-state index contributed by atoms with van der Waals surface area (Å²) >= 11 is 0. The predicted octanol–water partition coefficient (Wildman–Crippen LogP) is 0.486. The average Bonchev–Trinajstić information content (AvgIpc) is 2.64. The van der Waals surface area contributed by atoms with E-state index in [1.165, 1.54) is 6.07 Å². The maximum Gasteiger partial charge on any atom is 0.273 e. The average molecular weight is 277 g/mol. The van der Waals surface area contributed by atoms with Crippen molar-refractivity contribution in [1.29, 1.82) is 0 Å². The van der Waals surface area contributed by atoms with Crippen molar-refractivity contribution < 1.29 is 14.5 Å². The Hall–Kier alpha value is -2.44. The molecule has 0 aliphatic carbocycles. The number of hydrogen-bond acceptors (Lipinski definition) is 4. The second kappa shape index (κ2) is 6.14. The quantitative estimate of drug-likeness (QED) is 0.642. The third kappa shape index (κ3) is 3.31. The van der Waals surface area contributed by atoms with Crippen molar-refractivity contribution >= 4 is 17.5 Å². The van der Waals surface area contributed by atoms with E-state index in [2.05, 4.69) is 5.32 Å². The summed E-state index contributed by atoms with van der Waals surface area (Å²) in [6.45, 7) is 1.21. The zero-order chi connectivity index (χ0) is 14.5. The number of nitrogens with one attached hydrogen (secondary N) is 1. The van der Waals surface area contributed by atoms with Gasteiger partial charge in [-0.3, -0.25) is 19.7 Å². The number of nitrogens with zero attached hydrogens (tertiary/aromatic N) is 2. The molecule has 106 valence electrons. The third-order valence-electron chi connectivity index (χ3n) is 3.20. The number of nitro groups is 1. The van der Waals surface area contributed by atoms with Crippen LogP contribution in [0.3, 0.4) is 0 Å². The molecule has 1 saturated heterocycles. The van der Waals surface area contributed by atoms with Gasteiger partial charge in [0.25, 0.3) is 5.69 Å². The maximum atomic E-state index is 12.2. The summed E-state index contributed by atoms with van der Waals surface area (Å²) in [6.07, 6.45) is 0.244. The largest absolute Gasteiger partial charge is 0.354 e. The Morgan fingerprint density at radius 3 is 2.85 bits per heavy atom. The molecule has 1 heterocycles. The topological polar surface area (TPSA) is 92.5 Å². The van der Waals surface area contributed by atoms with Gasteiger partial charge < -0.3 is 10.2 Å². The summed E-state index contributed by atoms with van der Waals surface area (Å²) in [6, 6.07) is 6.21. The van der Waals surface area contributed by atoms with Crippen molar-refractivity contribution in [2.75, 3.05) is 19.6 Å². The van der Waals surface area contributed by atoms with E-state index in [1.54, 1.807) is 23.1 Å².